The van der Waals surface area contributed by atoms with E-state index in [0.717, 1.165) is 5.69 Å². The van der Waals surface area contributed by atoms with Crippen LogP contribution in [0.1, 0.15) is 24.5 Å². The molecule has 0 atom stereocenters. The molecule has 0 amide bonds. The van der Waals surface area contributed by atoms with Gasteiger partial charge in [0.05, 0.1) is 11.9 Å². The molecule has 16 heavy (non-hydrogen) atoms. The largest absolute Gasteiger partial charge is 0.225 e. The van der Waals surface area contributed by atoms with E-state index in [1.54, 1.807) is 4.68 Å². The van der Waals surface area contributed by atoms with Crippen molar-refractivity contribution < 1.29 is 0 Å². The minimum absolute atomic E-state index is 0.169. The molecule has 1 aliphatic carbocycles. The van der Waals surface area contributed by atoms with Crippen LogP contribution in [0.25, 0.3) is 5.82 Å². The fourth-order valence-corrected chi connectivity index (χ4v) is 1.86. The fourth-order valence-electron chi connectivity index (χ4n) is 1.55. The Kier molecular flexibility index (Phi) is 2.33. The molecular weight excluding hydrogens is 247 g/mol. The van der Waals surface area contributed by atoms with Gasteiger partial charge in [0.15, 0.2) is 5.82 Å². The summed E-state index contributed by atoms with van der Waals surface area (Å²) in [5.41, 5.74) is 1.09. The van der Waals surface area contributed by atoms with Gasteiger partial charge in [-0.3, -0.25) is 0 Å². The maximum absolute atomic E-state index is 5.99. The molecule has 1 saturated carbocycles. The van der Waals surface area contributed by atoms with Gasteiger partial charge in [0.1, 0.15) is 5.02 Å². The first-order valence-corrected chi connectivity index (χ1v) is 5.73. The molecule has 0 spiro atoms. The normalized spacial score (nSPS) is 15.4. The Bertz CT molecular complexity index is 533. The molecule has 1 fully saturated rings. The Hall–Kier alpha value is -1.13. The summed E-state index contributed by atoms with van der Waals surface area (Å²) in [4.78, 5) is 7.86. The topological polar surface area (TPSA) is 43.6 Å². The Labute approximate surface area is 102 Å². The lowest BCUT2D eigenvalue weighted by atomic mass is 10.3. The molecule has 0 N–H and O–H groups in total. The van der Waals surface area contributed by atoms with Gasteiger partial charge >= 0.3 is 0 Å². The molecule has 0 unspecified atom stereocenters. The van der Waals surface area contributed by atoms with Crippen LogP contribution in [0.5, 0.6) is 0 Å². The lowest BCUT2D eigenvalue weighted by Crippen LogP contribution is -2.01. The number of hydrogen-bond donors (Lipinski definition) is 0. The van der Waals surface area contributed by atoms with E-state index in [2.05, 4.69) is 15.1 Å². The second kappa shape index (κ2) is 3.71. The maximum Gasteiger partial charge on any atom is 0.224 e. The average molecular weight is 255 g/mol. The number of nitrogens with zero attached hydrogens (tertiary/aromatic N) is 4. The number of hydrogen-bond acceptors (Lipinski definition) is 3. The molecule has 3 rings (SSSR count). The van der Waals surface area contributed by atoms with Crippen LogP contribution >= 0.6 is 23.2 Å². The van der Waals surface area contributed by atoms with Crippen molar-refractivity contribution in [2.75, 3.05) is 0 Å². The van der Waals surface area contributed by atoms with Gasteiger partial charge in [-0.1, -0.05) is 11.6 Å². The smallest absolute Gasteiger partial charge is 0.224 e. The predicted molar refractivity (Wildman–Crippen MR) is 61.1 cm³/mol. The summed E-state index contributed by atoms with van der Waals surface area (Å²) >= 11 is 11.7. The summed E-state index contributed by atoms with van der Waals surface area (Å²) in [6.07, 6.45) is 5.76. The average Bonchev–Trinajstić information content (AvgIpc) is 3.01. The third kappa shape index (κ3) is 1.79. The van der Waals surface area contributed by atoms with E-state index in [1.165, 1.54) is 19.0 Å². The van der Waals surface area contributed by atoms with Crippen LogP contribution in [0.2, 0.25) is 10.3 Å². The molecule has 2 aromatic rings. The quantitative estimate of drug-likeness (QED) is 0.775. The maximum atomic E-state index is 5.99. The van der Waals surface area contributed by atoms with Crippen LogP contribution in [-0.4, -0.2) is 19.7 Å². The number of aromatic nitrogens is 4. The Balaban J connectivity index is 2.03. The van der Waals surface area contributed by atoms with Crippen LogP contribution in [0, 0.1) is 0 Å². The van der Waals surface area contributed by atoms with Crippen molar-refractivity contribution >= 4 is 23.2 Å². The van der Waals surface area contributed by atoms with Crippen molar-refractivity contribution in [2.24, 2.45) is 0 Å². The zero-order valence-corrected chi connectivity index (χ0v) is 9.78. The van der Waals surface area contributed by atoms with Crippen molar-refractivity contribution in [1.29, 1.82) is 0 Å². The van der Waals surface area contributed by atoms with E-state index in [1.807, 2.05) is 12.3 Å². The van der Waals surface area contributed by atoms with Crippen LogP contribution in [-0.2, 0) is 0 Å². The SMILES string of the molecule is Clc1ncc(Cl)c(-n2ccc(C3CC3)n2)n1. The molecule has 2 aromatic heterocycles. The predicted octanol–water partition coefficient (Wildman–Crippen LogP) is 2.85. The minimum Gasteiger partial charge on any atom is -0.225 e. The van der Waals surface area contributed by atoms with Gasteiger partial charge < -0.3 is 0 Å². The summed E-state index contributed by atoms with van der Waals surface area (Å²) in [5.74, 6) is 1.13. The molecule has 0 saturated heterocycles. The van der Waals surface area contributed by atoms with E-state index in [4.69, 9.17) is 23.2 Å². The molecule has 0 aliphatic heterocycles. The minimum atomic E-state index is 0.169. The van der Waals surface area contributed by atoms with Gasteiger partial charge in [0.25, 0.3) is 0 Å². The first-order chi connectivity index (χ1) is 7.74. The fraction of sp³-hybridized carbons (Fsp3) is 0.300. The highest BCUT2D eigenvalue weighted by atomic mass is 35.5. The van der Waals surface area contributed by atoms with Crippen molar-refractivity contribution in [1.82, 2.24) is 19.7 Å². The third-order valence-corrected chi connectivity index (χ3v) is 2.97. The zero-order valence-electron chi connectivity index (χ0n) is 8.27. The highest BCUT2D eigenvalue weighted by Crippen LogP contribution is 2.39. The van der Waals surface area contributed by atoms with Crippen LogP contribution in [0.4, 0.5) is 0 Å². The number of rotatable bonds is 2. The lowest BCUT2D eigenvalue weighted by Gasteiger charge is -2.02. The Morgan fingerprint density at radius 3 is 2.88 bits per heavy atom. The van der Waals surface area contributed by atoms with Gasteiger partial charge in [0.2, 0.25) is 5.28 Å². The standard InChI is InChI=1S/C10H8Cl2N4/c11-7-5-13-10(12)14-9(7)16-4-3-8(15-16)6-1-2-6/h3-6H,1-2H2. The molecule has 1 aliphatic rings. The lowest BCUT2D eigenvalue weighted by molar-refractivity contribution is 0.808. The van der Waals surface area contributed by atoms with E-state index in [0.29, 0.717) is 16.8 Å². The molecule has 2 heterocycles. The van der Waals surface area contributed by atoms with Gasteiger partial charge in [-0.05, 0) is 30.5 Å². The first-order valence-electron chi connectivity index (χ1n) is 4.98. The Morgan fingerprint density at radius 1 is 1.31 bits per heavy atom. The van der Waals surface area contributed by atoms with Crippen LogP contribution in [0.15, 0.2) is 18.5 Å². The van der Waals surface area contributed by atoms with Gasteiger partial charge in [-0.2, -0.15) is 10.1 Å². The molecule has 82 valence electrons. The summed E-state index contributed by atoms with van der Waals surface area (Å²) in [6, 6.07) is 1.99. The molecular formula is C10H8Cl2N4. The molecule has 0 aromatic carbocycles. The molecule has 0 radical (unpaired) electrons. The van der Waals surface area contributed by atoms with E-state index >= 15 is 0 Å². The summed E-state index contributed by atoms with van der Waals surface area (Å²) in [6.45, 7) is 0. The third-order valence-electron chi connectivity index (χ3n) is 2.52. The second-order valence-electron chi connectivity index (χ2n) is 3.77. The van der Waals surface area contributed by atoms with Crippen LogP contribution < -0.4 is 0 Å². The van der Waals surface area contributed by atoms with E-state index < -0.39 is 0 Å². The van der Waals surface area contributed by atoms with Crippen molar-refractivity contribution in [2.45, 2.75) is 18.8 Å². The second-order valence-corrected chi connectivity index (χ2v) is 4.52. The van der Waals surface area contributed by atoms with Crippen LogP contribution in [0.3, 0.4) is 0 Å². The van der Waals surface area contributed by atoms with Gasteiger partial charge in [0, 0.05) is 12.1 Å². The van der Waals surface area contributed by atoms with Crippen molar-refractivity contribution in [3.05, 3.63) is 34.5 Å². The molecule has 6 heteroatoms. The highest BCUT2D eigenvalue weighted by molar-refractivity contribution is 6.32. The van der Waals surface area contributed by atoms with Gasteiger partial charge in [-0.25, -0.2) is 9.67 Å². The summed E-state index contributed by atoms with van der Waals surface area (Å²) < 4.78 is 1.64. The van der Waals surface area contributed by atoms with Crippen molar-refractivity contribution in [3.63, 3.8) is 0 Å². The molecule has 4 nitrogen and oxygen atoms in total. The van der Waals surface area contributed by atoms with Gasteiger partial charge in [-0.15, -0.1) is 0 Å². The monoisotopic (exact) mass is 254 g/mol. The van der Waals surface area contributed by atoms with Crippen molar-refractivity contribution in [3.8, 4) is 5.82 Å². The Morgan fingerprint density at radius 2 is 2.12 bits per heavy atom. The summed E-state index contributed by atoms with van der Waals surface area (Å²) in [7, 11) is 0. The highest BCUT2D eigenvalue weighted by Gasteiger charge is 2.26. The first kappa shape index (κ1) is 10.1. The zero-order chi connectivity index (χ0) is 11.1. The number of halogens is 2. The molecule has 0 bridgehead atoms. The summed E-state index contributed by atoms with van der Waals surface area (Å²) in [5, 5.41) is 5.04. The van der Waals surface area contributed by atoms with E-state index in [9.17, 15) is 0 Å². The van der Waals surface area contributed by atoms with E-state index in [-0.39, 0.29) is 5.28 Å².